The molecular weight excluding hydrogens is 537 g/mol. The van der Waals surface area contributed by atoms with Crippen molar-refractivity contribution in [3.05, 3.63) is 71.9 Å². The Hall–Kier alpha value is -4.02. The highest BCUT2D eigenvalue weighted by Crippen LogP contribution is 2.28. The molecule has 1 fully saturated rings. The number of benzene rings is 2. The maximum Gasteiger partial charge on any atom is 0.573 e. The molecular formula is C30H37F3N4O4. The van der Waals surface area contributed by atoms with Crippen molar-refractivity contribution in [1.29, 1.82) is 0 Å². The van der Waals surface area contributed by atoms with Gasteiger partial charge in [-0.25, -0.2) is 9.59 Å². The molecule has 41 heavy (non-hydrogen) atoms. The lowest BCUT2D eigenvalue weighted by Crippen LogP contribution is -2.59. The summed E-state index contributed by atoms with van der Waals surface area (Å²) >= 11 is 0. The molecule has 8 nitrogen and oxygen atoms in total. The number of amides is 3. The van der Waals surface area contributed by atoms with E-state index in [1.807, 2.05) is 37.3 Å². The van der Waals surface area contributed by atoms with Crippen LogP contribution >= 0.6 is 0 Å². The van der Waals surface area contributed by atoms with Crippen LogP contribution in [0.2, 0.25) is 0 Å². The summed E-state index contributed by atoms with van der Waals surface area (Å²) in [4.78, 5) is 29.9. The zero-order chi connectivity index (χ0) is 30.2. The Morgan fingerprint density at radius 2 is 1.73 bits per heavy atom. The number of hydrogen-bond acceptors (Lipinski definition) is 5. The van der Waals surface area contributed by atoms with Gasteiger partial charge in [-0.1, -0.05) is 55.8 Å². The van der Waals surface area contributed by atoms with Crippen LogP contribution in [-0.4, -0.2) is 71.3 Å². The van der Waals surface area contributed by atoms with E-state index in [2.05, 4.69) is 16.6 Å². The molecule has 3 amide bonds. The number of carbonyl (C=O) groups excluding carboxylic acids is 2. The Morgan fingerprint density at radius 3 is 2.29 bits per heavy atom. The predicted molar refractivity (Wildman–Crippen MR) is 151 cm³/mol. The summed E-state index contributed by atoms with van der Waals surface area (Å²) in [6, 6.07) is 14.3. The minimum atomic E-state index is -4.79. The van der Waals surface area contributed by atoms with E-state index in [1.54, 1.807) is 36.8 Å². The smallest absolute Gasteiger partial charge is 0.444 e. The van der Waals surface area contributed by atoms with E-state index < -0.39 is 24.1 Å². The van der Waals surface area contributed by atoms with Crippen LogP contribution in [0, 0.1) is 0 Å². The topological polar surface area (TPSA) is 74.7 Å². The fraction of sp³-hybridized carbons (Fsp3) is 0.433. The van der Waals surface area contributed by atoms with Gasteiger partial charge in [-0.05, 0) is 62.4 Å². The third-order valence-electron chi connectivity index (χ3n) is 6.30. The molecule has 1 aliphatic heterocycles. The predicted octanol–water partition coefficient (Wildman–Crippen LogP) is 6.93. The quantitative estimate of drug-likeness (QED) is 0.253. The third-order valence-corrected chi connectivity index (χ3v) is 6.30. The van der Waals surface area contributed by atoms with Gasteiger partial charge in [0.25, 0.3) is 0 Å². The van der Waals surface area contributed by atoms with Crippen LogP contribution in [0.25, 0.3) is 5.57 Å². The lowest BCUT2D eigenvalue weighted by Gasteiger charge is -2.42. The van der Waals surface area contributed by atoms with Crippen molar-refractivity contribution in [2.45, 2.75) is 65.0 Å². The zero-order valence-electron chi connectivity index (χ0n) is 23.9. The van der Waals surface area contributed by atoms with Crippen molar-refractivity contribution in [3.63, 3.8) is 0 Å². The SMILES string of the molecule is C=NN(/C=C(\CCC)c1ccc(OC(F)(F)F)cc1)C(=O)N1CCN(C(=O)OC(C)(C)C)C[C@@H]1Cc1ccccc1. The number of allylic oxidation sites excluding steroid dienone is 1. The molecule has 1 heterocycles. The van der Waals surface area contributed by atoms with Gasteiger partial charge in [0.05, 0.1) is 6.04 Å². The van der Waals surface area contributed by atoms with Gasteiger partial charge in [0.15, 0.2) is 0 Å². The molecule has 1 saturated heterocycles. The zero-order valence-corrected chi connectivity index (χ0v) is 23.9. The number of piperazine rings is 1. The third kappa shape index (κ3) is 9.54. The lowest BCUT2D eigenvalue weighted by atomic mass is 10.0. The molecule has 2 aromatic rings. The molecule has 0 aromatic heterocycles. The number of halogens is 3. The van der Waals surface area contributed by atoms with Crippen molar-refractivity contribution < 1.29 is 32.2 Å². The summed E-state index contributed by atoms with van der Waals surface area (Å²) in [6.07, 6.45) is -1.91. The largest absolute Gasteiger partial charge is 0.573 e. The van der Waals surface area contributed by atoms with E-state index in [-0.39, 0.29) is 31.4 Å². The van der Waals surface area contributed by atoms with Gasteiger partial charge < -0.3 is 19.3 Å². The van der Waals surface area contributed by atoms with Crippen molar-refractivity contribution in [3.8, 4) is 5.75 Å². The normalized spacial score (nSPS) is 16.3. The van der Waals surface area contributed by atoms with Gasteiger partial charge in [0, 0.05) is 32.6 Å². The molecule has 0 N–H and O–H groups in total. The summed E-state index contributed by atoms with van der Waals surface area (Å²) in [5.41, 5.74) is 1.67. The molecule has 1 atom stereocenters. The second-order valence-corrected chi connectivity index (χ2v) is 10.7. The van der Waals surface area contributed by atoms with E-state index in [4.69, 9.17) is 4.74 Å². The first kappa shape index (κ1) is 31.5. The van der Waals surface area contributed by atoms with E-state index in [9.17, 15) is 22.8 Å². The summed E-state index contributed by atoms with van der Waals surface area (Å²) < 4.78 is 47.3. The summed E-state index contributed by atoms with van der Waals surface area (Å²) in [5, 5.41) is 5.10. The molecule has 0 spiro atoms. The average molecular weight is 575 g/mol. The maximum absolute atomic E-state index is 13.8. The second-order valence-electron chi connectivity index (χ2n) is 10.7. The summed E-state index contributed by atoms with van der Waals surface area (Å²) in [5.74, 6) is -0.335. The van der Waals surface area contributed by atoms with Gasteiger partial charge in [0.2, 0.25) is 0 Å². The molecule has 0 unspecified atom stereocenters. The number of ether oxygens (including phenoxy) is 2. The van der Waals surface area contributed by atoms with Gasteiger partial charge in [-0.3, -0.25) is 0 Å². The molecule has 11 heteroatoms. The highest BCUT2D eigenvalue weighted by molar-refractivity contribution is 5.79. The van der Waals surface area contributed by atoms with Crippen molar-refractivity contribution in [2.24, 2.45) is 5.10 Å². The van der Waals surface area contributed by atoms with Crippen LogP contribution in [0.3, 0.4) is 0 Å². The first-order valence-corrected chi connectivity index (χ1v) is 13.4. The Kier molecular flexibility index (Phi) is 10.4. The fourth-order valence-corrected chi connectivity index (χ4v) is 4.52. The van der Waals surface area contributed by atoms with E-state index in [1.165, 1.54) is 24.3 Å². The molecule has 222 valence electrons. The number of hydrogen-bond donors (Lipinski definition) is 0. The number of carbonyl (C=O) groups is 2. The van der Waals surface area contributed by atoms with Gasteiger partial charge in [0.1, 0.15) is 11.4 Å². The van der Waals surface area contributed by atoms with Gasteiger partial charge in [-0.2, -0.15) is 10.1 Å². The Morgan fingerprint density at radius 1 is 1.07 bits per heavy atom. The molecule has 3 rings (SSSR count). The lowest BCUT2D eigenvalue weighted by molar-refractivity contribution is -0.274. The van der Waals surface area contributed by atoms with Crippen molar-refractivity contribution in [1.82, 2.24) is 14.8 Å². The second kappa shape index (κ2) is 13.6. The fourth-order valence-electron chi connectivity index (χ4n) is 4.52. The molecule has 2 aromatic carbocycles. The average Bonchev–Trinajstić information content (AvgIpc) is 2.90. The maximum atomic E-state index is 13.8. The highest BCUT2D eigenvalue weighted by atomic mass is 19.4. The number of nitrogens with zero attached hydrogens (tertiary/aromatic N) is 4. The van der Waals surface area contributed by atoms with Crippen LogP contribution in [0.5, 0.6) is 5.75 Å². The van der Waals surface area contributed by atoms with E-state index in [0.717, 1.165) is 17.0 Å². The number of alkyl halides is 3. The molecule has 0 saturated carbocycles. The minimum Gasteiger partial charge on any atom is -0.444 e. The van der Waals surface area contributed by atoms with E-state index in [0.29, 0.717) is 24.0 Å². The summed E-state index contributed by atoms with van der Waals surface area (Å²) in [6.45, 7) is 11.7. The molecule has 0 aliphatic carbocycles. The Bertz CT molecular complexity index is 1210. The van der Waals surface area contributed by atoms with Crippen LogP contribution in [-0.2, 0) is 11.2 Å². The van der Waals surface area contributed by atoms with Crippen LogP contribution < -0.4 is 4.74 Å². The Balaban J connectivity index is 1.86. The van der Waals surface area contributed by atoms with E-state index >= 15 is 0 Å². The Labute approximate surface area is 239 Å². The van der Waals surface area contributed by atoms with Crippen LogP contribution in [0.4, 0.5) is 22.8 Å². The van der Waals surface area contributed by atoms with Crippen LogP contribution in [0.1, 0.15) is 51.7 Å². The monoisotopic (exact) mass is 574 g/mol. The molecule has 0 radical (unpaired) electrons. The molecule has 1 aliphatic rings. The first-order chi connectivity index (χ1) is 19.3. The number of urea groups is 1. The van der Waals surface area contributed by atoms with Gasteiger partial charge >= 0.3 is 18.5 Å². The highest BCUT2D eigenvalue weighted by Gasteiger charge is 2.36. The summed E-state index contributed by atoms with van der Waals surface area (Å²) in [7, 11) is 0. The van der Waals surface area contributed by atoms with Gasteiger partial charge in [-0.15, -0.1) is 13.2 Å². The molecule has 0 bridgehead atoms. The first-order valence-electron chi connectivity index (χ1n) is 13.4. The van der Waals surface area contributed by atoms with Crippen LogP contribution in [0.15, 0.2) is 65.9 Å². The van der Waals surface area contributed by atoms with Crippen molar-refractivity contribution >= 4 is 24.4 Å². The number of rotatable bonds is 8. The number of hydrazone groups is 1. The minimum absolute atomic E-state index is 0.252. The van der Waals surface area contributed by atoms with Crippen molar-refractivity contribution in [2.75, 3.05) is 19.6 Å². The standard InChI is InChI=1S/C30H37F3N4O4/c1-6-10-24(23-13-15-26(16-14-23)40-30(31,32)33)20-37(34-5)27(38)36-18-17-35(28(39)41-29(2,3)4)21-25(36)19-22-11-8-7-9-12-22/h7-9,11-16,20,25H,5-6,10,17-19,21H2,1-4H3/b24-20+/t25-/m0/s1.